The van der Waals surface area contributed by atoms with E-state index in [4.69, 9.17) is 4.42 Å². The van der Waals surface area contributed by atoms with Crippen LogP contribution in [-0.4, -0.2) is 16.7 Å². The minimum absolute atomic E-state index is 0.618. The average Bonchev–Trinajstić information content (AvgIpc) is 2.83. The summed E-state index contributed by atoms with van der Waals surface area (Å²) in [5, 5.41) is 11.3. The molecule has 1 heterocycles. The molecule has 0 atom stereocenters. The second-order valence-corrected chi connectivity index (χ2v) is 6.22. The van der Waals surface area contributed by atoms with E-state index in [-0.39, 0.29) is 0 Å². The first-order valence-corrected chi connectivity index (χ1v) is 7.83. The molecule has 0 saturated heterocycles. The maximum atomic E-state index is 5.35. The Balaban J connectivity index is 1.79. The van der Waals surface area contributed by atoms with Crippen LogP contribution in [0, 0.1) is 12.8 Å². The third-order valence-electron chi connectivity index (χ3n) is 2.74. The van der Waals surface area contributed by atoms with Gasteiger partial charge in [0.1, 0.15) is 0 Å². The summed E-state index contributed by atoms with van der Waals surface area (Å²) in [5.41, 5.74) is 1.31. The highest BCUT2D eigenvalue weighted by atomic mass is 32.2. The summed E-state index contributed by atoms with van der Waals surface area (Å²) in [6, 6.07) is 8.60. The van der Waals surface area contributed by atoms with Crippen molar-refractivity contribution >= 4 is 11.8 Å². The Morgan fingerprint density at radius 2 is 1.95 bits per heavy atom. The quantitative estimate of drug-likeness (QED) is 0.792. The molecule has 2 aromatic rings. The molecule has 0 unspecified atom stereocenters. The number of hydrogen-bond acceptors (Lipinski definition) is 5. The first-order valence-electron chi connectivity index (χ1n) is 6.85. The molecule has 0 saturated carbocycles. The second-order valence-electron chi connectivity index (χ2n) is 5.17. The predicted octanol–water partition coefficient (Wildman–Crippen LogP) is 3.42. The molecular formula is C15H21N3OS. The lowest BCUT2D eigenvalue weighted by Crippen LogP contribution is -2.18. The van der Waals surface area contributed by atoms with Gasteiger partial charge in [0.15, 0.2) is 0 Å². The predicted molar refractivity (Wildman–Crippen MR) is 81.6 cm³/mol. The van der Waals surface area contributed by atoms with Crippen molar-refractivity contribution in [3.63, 3.8) is 0 Å². The van der Waals surface area contributed by atoms with Gasteiger partial charge in [0, 0.05) is 18.4 Å². The lowest BCUT2D eigenvalue weighted by atomic mass is 10.2. The van der Waals surface area contributed by atoms with Gasteiger partial charge in [0.2, 0.25) is 11.8 Å². The Kier molecular flexibility index (Phi) is 5.61. The van der Waals surface area contributed by atoms with E-state index in [2.05, 4.69) is 53.6 Å². The molecule has 20 heavy (non-hydrogen) atoms. The Morgan fingerprint density at radius 3 is 2.55 bits per heavy atom. The third-order valence-corrected chi connectivity index (χ3v) is 3.73. The van der Waals surface area contributed by atoms with E-state index in [1.807, 2.05) is 0 Å². The van der Waals surface area contributed by atoms with E-state index in [1.54, 1.807) is 18.7 Å². The smallest absolute Gasteiger partial charge is 0.226 e. The largest absolute Gasteiger partial charge is 0.425 e. The number of thioether (sulfide) groups is 1. The van der Waals surface area contributed by atoms with Crippen LogP contribution in [0.25, 0.3) is 0 Å². The molecule has 4 nitrogen and oxygen atoms in total. The maximum Gasteiger partial charge on any atom is 0.226 e. The molecule has 0 fully saturated rings. The third kappa shape index (κ3) is 4.98. The summed E-state index contributed by atoms with van der Waals surface area (Å²) in [5.74, 6) is 2.69. The Morgan fingerprint density at radius 1 is 1.20 bits per heavy atom. The fraction of sp³-hybridized carbons (Fsp3) is 0.467. The molecule has 0 bridgehead atoms. The molecule has 0 aliphatic rings. The van der Waals surface area contributed by atoms with Gasteiger partial charge in [-0.3, -0.25) is 0 Å². The zero-order valence-electron chi connectivity index (χ0n) is 12.2. The van der Waals surface area contributed by atoms with Crippen LogP contribution in [0.4, 0.5) is 0 Å². The van der Waals surface area contributed by atoms with Gasteiger partial charge >= 0.3 is 0 Å². The fourth-order valence-corrected chi connectivity index (χ4v) is 2.48. The molecule has 0 aliphatic heterocycles. The van der Waals surface area contributed by atoms with Gasteiger partial charge < -0.3 is 9.73 Å². The fourth-order valence-electron chi connectivity index (χ4n) is 1.75. The monoisotopic (exact) mass is 291 g/mol. The first-order chi connectivity index (χ1) is 9.63. The number of nitrogens with one attached hydrogen (secondary N) is 1. The summed E-state index contributed by atoms with van der Waals surface area (Å²) >= 11 is 1.71. The van der Waals surface area contributed by atoms with E-state index in [9.17, 15) is 0 Å². The lowest BCUT2D eigenvalue weighted by molar-refractivity contribution is 0.485. The van der Waals surface area contributed by atoms with Crippen molar-refractivity contribution in [2.24, 2.45) is 5.92 Å². The SMILES string of the molecule is Cc1nnc(CSc2ccc(CNCC(C)C)cc2)o1. The van der Waals surface area contributed by atoms with Crippen molar-refractivity contribution in [1.82, 2.24) is 15.5 Å². The lowest BCUT2D eigenvalue weighted by Gasteiger charge is -2.07. The van der Waals surface area contributed by atoms with Gasteiger partial charge in [-0.1, -0.05) is 26.0 Å². The van der Waals surface area contributed by atoms with E-state index in [0.29, 0.717) is 23.5 Å². The van der Waals surface area contributed by atoms with Crippen LogP contribution in [0.2, 0.25) is 0 Å². The highest BCUT2D eigenvalue weighted by Crippen LogP contribution is 2.22. The maximum absolute atomic E-state index is 5.35. The van der Waals surface area contributed by atoms with Crippen LogP contribution in [0.3, 0.4) is 0 Å². The molecule has 108 valence electrons. The van der Waals surface area contributed by atoms with Crippen molar-refractivity contribution in [3.8, 4) is 0 Å². The van der Waals surface area contributed by atoms with Crippen LogP contribution in [-0.2, 0) is 12.3 Å². The van der Waals surface area contributed by atoms with Crippen LogP contribution in [0.15, 0.2) is 33.6 Å². The Bertz CT molecular complexity index is 522. The van der Waals surface area contributed by atoms with Crippen molar-refractivity contribution in [2.45, 2.75) is 38.0 Å². The van der Waals surface area contributed by atoms with Crippen molar-refractivity contribution in [3.05, 3.63) is 41.6 Å². The molecule has 0 radical (unpaired) electrons. The zero-order valence-corrected chi connectivity index (χ0v) is 13.0. The van der Waals surface area contributed by atoms with Crippen molar-refractivity contribution in [1.29, 1.82) is 0 Å². The minimum atomic E-state index is 0.618. The van der Waals surface area contributed by atoms with Gasteiger partial charge in [-0.15, -0.1) is 22.0 Å². The topological polar surface area (TPSA) is 51.0 Å². The van der Waals surface area contributed by atoms with E-state index in [0.717, 1.165) is 13.1 Å². The number of rotatable bonds is 7. The molecule has 0 spiro atoms. The van der Waals surface area contributed by atoms with Gasteiger partial charge in [0.05, 0.1) is 5.75 Å². The number of aromatic nitrogens is 2. The van der Waals surface area contributed by atoms with E-state index >= 15 is 0 Å². The standard InChI is InChI=1S/C15H21N3OS/c1-11(2)8-16-9-13-4-6-14(7-5-13)20-10-15-18-17-12(3)19-15/h4-7,11,16H,8-10H2,1-3H3. The summed E-state index contributed by atoms with van der Waals surface area (Å²) in [6.45, 7) is 8.21. The molecule has 1 aromatic carbocycles. The van der Waals surface area contributed by atoms with Crippen molar-refractivity contribution in [2.75, 3.05) is 6.54 Å². The van der Waals surface area contributed by atoms with Crippen molar-refractivity contribution < 1.29 is 4.42 Å². The molecule has 5 heteroatoms. The van der Waals surface area contributed by atoms with Crippen LogP contribution < -0.4 is 5.32 Å². The number of benzene rings is 1. The van der Waals surface area contributed by atoms with Gasteiger partial charge in [-0.05, 0) is 30.2 Å². The van der Waals surface area contributed by atoms with Crippen LogP contribution in [0.1, 0.15) is 31.2 Å². The molecule has 1 N–H and O–H groups in total. The van der Waals surface area contributed by atoms with Crippen LogP contribution in [0.5, 0.6) is 0 Å². The number of hydrogen-bond donors (Lipinski definition) is 1. The average molecular weight is 291 g/mol. The molecule has 0 aliphatic carbocycles. The Hall–Kier alpha value is -1.33. The van der Waals surface area contributed by atoms with E-state index < -0.39 is 0 Å². The van der Waals surface area contributed by atoms with Gasteiger partial charge in [-0.25, -0.2) is 0 Å². The van der Waals surface area contributed by atoms with Gasteiger partial charge in [0.25, 0.3) is 0 Å². The summed E-state index contributed by atoms with van der Waals surface area (Å²) in [7, 11) is 0. The molecule has 1 aromatic heterocycles. The zero-order chi connectivity index (χ0) is 14.4. The highest BCUT2D eigenvalue weighted by molar-refractivity contribution is 7.98. The molecule has 2 rings (SSSR count). The first kappa shape index (κ1) is 15.1. The minimum Gasteiger partial charge on any atom is -0.425 e. The van der Waals surface area contributed by atoms with Crippen LogP contribution >= 0.6 is 11.8 Å². The molecule has 0 amide bonds. The number of aryl methyl sites for hydroxylation is 1. The van der Waals surface area contributed by atoms with Gasteiger partial charge in [-0.2, -0.15) is 0 Å². The summed E-state index contributed by atoms with van der Waals surface area (Å²) in [6.07, 6.45) is 0. The summed E-state index contributed by atoms with van der Waals surface area (Å²) in [4.78, 5) is 1.22. The Labute approximate surface area is 124 Å². The normalized spacial score (nSPS) is 11.2. The highest BCUT2D eigenvalue weighted by Gasteiger charge is 2.03. The summed E-state index contributed by atoms with van der Waals surface area (Å²) < 4.78 is 5.35. The number of nitrogens with zero attached hydrogens (tertiary/aromatic N) is 2. The molecular weight excluding hydrogens is 270 g/mol. The van der Waals surface area contributed by atoms with E-state index in [1.165, 1.54) is 10.5 Å². The second kappa shape index (κ2) is 7.45.